The average molecular weight is 444 g/mol. The molecule has 3 N–H and O–H groups in total. The van der Waals surface area contributed by atoms with Gasteiger partial charge in [-0.1, -0.05) is 60.7 Å². The molecular formula is C28H16N2O4. The molecule has 0 saturated heterocycles. The maximum atomic E-state index is 13.4. The molecule has 0 spiro atoms. The Labute approximate surface area is 190 Å². The van der Waals surface area contributed by atoms with E-state index in [1.165, 1.54) is 12.1 Å². The number of aromatic hydroxyl groups is 2. The summed E-state index contributed by atoms with van der Waals surface area (Å²) in [5.41, 5.74) is -0.442. The lowest BCUT2D eigenvalue weighted by atomic mass is 9.99. The van der Waals surface area contributed by atoms with Gasteiger partial charge in [0.1, 0.15) is 11.5 Å². The highest BCUT2D eigenvalue weighted by Gasteiger charge is 2.16. The molecule has 6 rings (SSSR count). The highest BCUT2D eigenvalue weighted by molar-refractivity contribution is 6.14. The first kappa shape index (κ1) is 19.8. The van der Waals surface area contributed by atoms with Crippen molar-refractivity contribution in [2.45, 2.75) is 0 Å². The predicted octanol–water partition coefficient (Wildman–Crippen LogP) is 3.59. The molecule has 0 heterocycles. The van der Waals surface area contributed by atoms with E-state index in [9.17, 15) is 19.8 Å². The molecule has 0 aliphatic heterocycles. The van der Waals surface area contributed by atoms with E-state index in [-0.39, 0.29) is 48.9 Å². The van der Waals surface area contributed by atoms with Crippen LogP contribution in [0.4, 0.5) is 5.69 Å². The van der Waals surface area contributed by atoms with Crippen molar-refractivity contribution >= 4 is 38.0 Å². The van der Waals surface area contributed by atoms with Gasteiger partial charge < -0.3 is 15.6 Å². The predicted molar refractivity (Wildman–Crippen MR) is 130 cm³/mol. The third-order valence-electron chi connectivity index (χ3n) is 6.27. The molecule has 0 radical (unpaired) electrons. The van der Waals surface area contributed by atoms with Gasteiger partial charge in [0.05, 0.1) is 32.2 Å². The second kappa shape index (κ2) is 7.08. The lowest BCUT2D eigenvalue weighted by molar-refractivity contribution is 0.478. The number of phenols is 2. The maximum absolute atomic E-state index is 13.4. The summed E-state index contributed by atoms with van der Waals surface area (Å²) in [6.07, 6.45) is 0. The lowest BCUT2D eigenvalue weighted by Crippen LogP contribution is -2.28. The summed E-state index contributed by atoms with van der Waals surface area (Å²) >= 11 is 0. The zero-order valence-corrected chi connectivity index (χ0v) is 17.7. The third kappa shape index (κ3) is 2.62. The molecule has 4 aromatic carbocycles. The number of hydrogen-bond donors (Lipinski definition) is 3. The first-order chi connectivity index (χ1) is 16.5. The average Bonchev–Trinajstić information content (AvgIpc) is 2.86. The van der Waals surface area contributed by atoms with Crippen LogP contribution in [0.2, 0.25) is 0 Å². The van der Waals surface area contributed by atoms with E-state index in [4.69, 9.17) is 5.41 Å². The van der Waals surface area contributed by atoms with Crippen LogP contribution < -0.4 is 21.6 Å². The highest BCUT2D eigenvalue weighted by Crippen LogP contribution is 2.44. The fraction of sp³-hybridized carbons (Fsp3) is 0. The van der Waals surface area contributed by atoms with E-state index in [1.807, 2.05) is 0 Å². The van der Waals surface area contributed by atoms with Gasteiger partial charge in [-0.3, -0.25) is 9.59 Å². The fourth-order valence-corrected chi connectivity index (χ4v) is 4.68. The molecule has 0 aromatic heterocycles. The molecule has 6 nitrogen and oxygen atoms in total. The van der Waals surface area contributed by atoms with Crippen molar-refractivity contribution in [3.8, 4) is 11.5 Å². The minimum absolute atomic E-state index is 0.0164. The molecule has 0 atom stereocenters. The molecule has 162 valence electrons. The van der Waals surface area contributed by atoms with Gasteiger partial charge in [-0.2, -0.15) is 0 Å². The molecule has 0 saturated carbocycles. The van der Waals surface area contributed by atoms with E-state index in [0.29, 0.717) is 27.2 Å². The summed E-state index contributed by atoms with van der Waals surface area (Å²) in [4.78, 5) is 31.2. The second-order valence-electron chi connectivity index (χ2n) is 8.14. The Morgan fingerprint density at radius 3 is 1.82 bits per heavy atom. The molecule has 4 aromatic rings. The van der Waals surface area contributed by atoms with Crippen LogP contribution >= 0.6 is 0 Å². The van der Waals surface area contributed by atoms with Crippen LogP contribution in [0.3, 0.4) is 0 Å². The van der Waals surface area contributed by atoms with Crippen molar-refractivity contribution < 1.29 is 10.2 Å². The number of fused-ring (bicyclic) bond motifs is 3. The fourth-order valence-electron chi connectivity index (χ4n) is 4.68. The molecule has 0 bridgehead atoms. The minimum atomic E-state index is -0.392. The van der Waals surface area contributed by atoms with Crippen molar-refractivity contribution in [3.05, 3.63) is 120 Å². The van der Waals surface area contributed by atoms with Crippen LogP contribution in [0, 0.1) is 15.8 Å². The van der Waals surface area contributed by atoms with Gasteiger partial charge in [-0.15, -0.1) is 0 Å². The number of hydrogen-bond acceptors (Lipinski definition) is 6. The van der Waals surface area contributed by atoms with E-state index in [2.05, 4.69) is 4.99 Å². The van der Waals surface area contributed by atoms with E-state index < -0.39 is 5.43 Å². The summed E-state index contributed by atoms with van der Waals surface area (Å²) in [5, 5.41) is 32.7. The Kier molecular flexibility index (Phi) is 4.13. The van der Waals surface area contributed by atoms with Crippen molar-refractivity contribution in [1.82, 2.24) is 0 Å². The summed E-state index contributed by atoms with van der Waals surface area (Å²) in [5.74, 6) is -0.0226. The zero-order valence-electron chi connectivity index (χ0n) is 17.7. The second-order valence-corrected chi connectivity index (χ2v) is 8.14. The van der Waals surface area contributed by atoms with Crippen LogP contribution in [0.1, 0.15) is 0 Å². The number of phenolic OH excluding ortho intramolecular Hbond substituents is 2. The SMILES string of the molecule is N=c1ccc(=Nc2cccc3c(O)c4ccccc4c(O)c23)c2c(=O)c3ccccc3c(=O)c1=2. The molecule has 0 amide bonds. The molecule has 0 fully saturated rings. The van der Waals surface area contributed by atoms with Gasteiger partial charge in [0, 0.05) is 26.9 Å². The first-order valence-corrected chi connectivity index (χ1v) is 10.6. The van der Waals surface area contributed by atoms with Gasteiger partial charge in [0.2, 0.25) is 0 Å². The van der Waals surface area contributed by atoms with Crippen LogP contribution in [0.25, 0.3) is 32.3 Å². The van der Waals surface area contributed by atoms with Crippen molar-refractivity contribution in [2.24, 2.45) is 4.99 Å². The lowest BCUT2D eigenvalue weighted by Gasteiger charge is -2.11. The quantitative estimate of drug-likeness (QED) is 0.266. The summed E-state index contributed by atoms with van der Waals surface area (Å²) < 4.78 is 0. The number of nitrogens with one attached hydrogen (secondary N) is 1. The standard InChI is InChI=1S/C28H16N2O4/c29-19-12-13-21(24-23(19)27(33)16-8-3-4-9-17(16)28(24)34)30-20-11-5-10-18-22(20)26(32)15-7-2-1-6-14(15)25(18)31/h1-13,29,31-32H. The Morgan fingerprint density at radius 1 is 0.588 bits per heavy atom. The topological polar surface area (TPSA) is 111 Å². The van der Waals surface area contributed by atoms with Gasteiger partial charge in [0.15, 0.2) is 10.9 Å². The van der Waals surface area contributed by atoms with Crippen LogP contribution in [-0.2, 0) is 0 Å². The number of nitrogens with zero attached hydrogens (tertiary/aromatic N) is 1. The Bertz CT molecular complexity index is 2110. The molecule has 2 aliphatic rings. The Morgan fingerprint density at radius 2 is 1.15 bits per heavy atom. The van der Waals surface area contributed by atoms with Crippen LogP contribution in [0.5, 0.6) is 11.5 Å². The summed E-state index contributed by atoms with van der Waals surface area (Å²) in [7, 11) is 0. The molecule has 34 heavy (non-hydrogen) atoms. The van der Waals surface area contributed by atoms with Crippen molar-refractivity contribution in [3.63, 3.8) is 0 Å². The molecule has 0 unspecified atom stereocenters. The van der Waals surface area contributed by atoms with Gasteiger partial charge in [0.25, 0.3) is 0 Å². The Balaban J connectivity index is 1.84. The van der Waals surface area contributed by atoms with Crippen molar-refractivity contribution in [1.29, 1.82) is 5.41 Å². The van der Waals surface area contributed by atoms with E-state index in [0.717, 1.165) is 0 Å². The smallest absolute Gasteiger partial charge is 0.196 e. The van der Waals surface area contributed by atoms with Crippen LogP contribution in [0.15, 0.2) is 93.4 Å². The molecular weight excluding hydrogens is 428 g/mol. The molecule has 2 aliphatic carbocycles. The summed E-state index contributed by atoms with van der Waals surface area (Å²) in [6, 6.07) is 21.5. The van der Waals surface area contributed by atoms with Gasteiger partial charge in [-0.25, -0.2) is 4.99 Å². The monoisotopic (exact) mass is 444 g/mol. The maximum Gasteiger partial charge on any atom is 0.196 e. The van der Waals surface area contributed by atoms with Crippen LogP contribution in [-0.4, -0.2) is 10.2 Å². The van der Waals surface area contributed by atoms with Gasteiger partial charge >= 0.3 is 0 Å². The van der Waals surface area contributed by atoms with Gasteiger partial charge in [-0.05, 0) is 18.2 Å². The summed E-state index contributed by atoms with van der Waals surface area (Å²) in [6.45, 7) is 0. The third-order valence-corrected chi connectivity index (χ3v) is 6.27. The Hall–Kier alpha value is -4.84. The molecule has 6 heteroatoms. The highest BCUT2D eigenvalue weighted by atomic mass is 16.3. The number of rotatable bonds is 1. The van der Waals surface area contributed by atoms with E-state index >= 15 is 0 Å². The normalized spacial score (nSPS) is 12.3. The van der Waals surface area contributed by atoms with E-state index in [1.54, 1.807) is 66.7 Å². The zero-order chi connectivity index (χ0) is 23.6. The number of benzene rings is 4. The minimum Gasteiger partial charge on any atom is -0.507 e. The van der Waals surface area contributed by atoms with Crippen molar-refractivity contribution in [2.75, 3.05) is 0 Å². The first-order valence-electron chi connectivity index (χ1n) is 10.6. The largest absolute Gasteiger partial charge is 0.507 e.